The maximum Gasteiger partial charge on any atom is 0.246 e. The van der Waals surface area contributed by atoms with Crippen LogP contribution in [0.2, 0.25) is 5.28 Å². The Balaban J connectivity index is 2.10. The zero-order valence-electron chi connectivity index (χ0n) is 11.3. The van der Waals surface area contributed by atoms with Gasteiger partial charge in [0.15, 0.2) is 0 Å². The first-order valence-electron chi connectivity index (χ1n) is 6.63. The minimum Gasteiger partial charge on any atom is -0.377 e. The van der Waals surface area contributed by atoms with Crippen LogP contribution in [0, 0.1) is 0 Å². The molecule has 1 aliphatic rings. The van der Waals surface area contributed by atoms with Crippen molar-refractivity contribution in [1.29, 1.82) is 0 Å². The van der Waals surface area contributed by atoms with Crippen LogP contribution in [0.4, 0.5) is 0 Å². The Morgan fingerprint density at radius 2 is 2.15 bits per heavy atom. The fourth-order valence-corrected chi connectivity index (χ4v) is 3.63. The highest BCUT2D eigenvalue weighted by Gasteiger charge is 2.31. The van der Waals surface area contributed by atoms with Crippen molar-refractivity contribution in [3.8, 4) is 0 Å². The highest BCUT2D eigenvalue weighted by molar-refractivity contribution is 7.89. The molecule has 8 heteroatoms. The molecular weight excluding hydrogens is 302 g/mol. The third kappa shape index (κ3) is 3.66. The van der Waals surface area contributed by atoms with Gasteiger partial charge in [0, 0.05) is 19.7 Å². The minimum atomic E-state index is -3.57. The van der Waals surface area contributed by atoms with Gasteiger partial charge in [0.1, 0.15) is 4.90 Å². The number of rotatable bonds is 5. The molecule has 1 aliphatic heterocycles. The number of ether oxygens (including phenoxy) is 1. The van der Waals surface area contributed by atoms with Crippen molar-refractivity contribution in [1.82, 2.24) is 14.3 Å². The molecular formula is C12H18ClN3O3S. The molecule has 2 heterocycles. The second-order valence-corrected chi connectivity index (χ2v) is 6.96. The Hall–Kier alpha value is -0.760. The topological polar surface area (TPSA) is 72.4 Å². The number of nitrogens with zero attached hydrogens (tertiary/aromatic N) is 3. The second-order valence-electron chi connectivity index (χ2n) is 4.69. The molecule has 0 aromatic carbocycles. The Bertz CT molecular complexity index is 535. The van der Waals surface area contributed by atoms with Gasteiger partial charge in [-0.25, -0.2) is 18.4 Å². The number of hydrogen-bond donors (Lipinski definition) is 0. The van der Waals surface area contributed by atoms with Crippen LogP contribution in [-0.4, -0.2) is 48.5 Å². The van der Waals surface area contributed by atoms with E-state index in [4.69, 9.17) is 16.3 Å². The average Bonchev–Trinajstić information content (AvgIpc) is 2.46. The van der Waals surface area contributed by atoms with E-state index in [0.717, 1.165) is 19.3 Å². The molecule has 1 aromatic rings. The molecule has 0 N–H and O–H groups in total. The quantitative estimate of drug-likeness (QED) is 0.773. The number of hydrogen-bond acceptors (Lipinski definition) is 5. The molecule has 1 atom stereocenters. The van der Waals surface area contributed by atoms with Crippen molar-refractivity contribution in [3.05, 3.63) is 17.7 Å². The molecule has 1 fully saturated rings. The summed E-state index contributed by atoms with van der Waals surface area (Å²) in [5, 5.41) is 0.0340. The molecule has 0 saturated carbocycles. The summed E-state index contributed by atoms with van der Waals surface area (Å²) in [6.45, 7) is 3.56. The first kappa shape index (κ1) is 15.6. The standard InChI is InChI=1S/C12H18ClN3O3S/c1-2-6-19-10-4-3-5-16(9-10)20(17,18)11-7-14-12(13)15-8-11/h7-8,10H,2-6,9H2,1H3. The number of aromatic nitrogens is 2. The van der Waals surface area contributed by atoms with Gasteiger partial charge >= 0.3 is 0 Å². The Morgan fingerprint density at radius 1 is 1.45 bits per heavy atom. The van der Waals surface area contributed by atoms with Gasteiger partial charge in [-0.05, 0) is 30.9 Å². The van der Waals surface area contributed by atoms with Gasteiger partial charge in [0.2, 0.25) is 15.3 Å². The van der Waals surface area contributed by atoms with Crippen LogP contribution in [0.15, 0.2) is 17.3 Å². The maximum absolute atomic E-state index is 12.5. The van der Waals surface area contributed by atoms with Crippen molar-refractivity contribution in [2.45, 2.75) is 37.2 Å². The van der Waals surface area contributed by atoms with Gasteiger partial charge in [0.25, 0.3) is 0 Å². The number of halogens is 1. The molecule has 0 amide bonds. The lowest BCUT2D eigenvalue weighted by Gasteiger charge is -2.31. The van der Waals surface area contributed by atoms with Gasteiger partial charge in [-0.2, -0.15) is 4.31 Å². The summed E-state index contributed by atoms with van der Waals surface area (Å²) in [6.07, 6.45) is 5.05. The monoisotopic (exact) mass is 319 g/mol. The predicted octanol–water partition coefficient (Wildman–Crippen LogP) is 1.71. The summed E-state index contributed by atoms with van der Waals surface area (Å²) in [5.74, 6) is 0. The normalized spacial score (nSPS) is 21.0. The fourth-order valence-electron chi connectivity index (χ4n) is 2.13. The van der Waals surface area contributed by atoms with Gasteiger partial charge < -0.3 is 4.74 Å². The van der Waals surface area contributed by atoms with E-state index in [0.29, 0.717) is 19.7 Å². The van der Waals surface area contributed by atoms with Crippen LogP contribution in [0.5, 0.6) is 0 Å². The Kier molecular flexibility index (Phi) is 5.31. The van der Waals surface area contributed by atoms with E-state index < -0.39 is 10.0 Å². The third-order valence-corrected chi connectivity index (χ3v) is 5.15. The molecule has 1 saturated heterocycles. The van der Waals surface area contributed by atoms with Gasteiger partial charge in [-0.1, -0.05) is 6.92 Å². The van der Waals surface area contributed by atoms with E-state index in [9.17, 15) is 8.42 Å². The van der Waals surface area contributed by atoms with Crippen LogP contribution in [0.3, 0.4) is 0 Å². The van der Waals surface area contributed by atoms with Crippen molar-refractivity contribution in [3.63, 3.8) is 0 Å². The smallest absolute Gasteiger partial charge is 0.246 e. The summed E-state index contributed by atoms with van der Waals surface area (Å²) in [4.78, 5) is 7.52. The van der Waals surface area contributed by atoms with E-state index in [1.54, 1.807) is 0 Å². The van der Waals surface area contributed by atoms with E-state index in [-0.39, 0.29) is 16.3 Å². The Labute approximate surface area is 124 Å². The lowest BCUT2D eigenvalue weighted by molar-refractivity contribution is 0.0193. The van der Waals surface area contributed by atoms with Crippen LogP contribution < -0.4 is 0 Å². The molecule has 1 aromatic heterocycles. The van der Waals surface area contributed by atoms with Crippen molar-refractivity contribution in [2.75, 3.05) is 19.7 Å². The van der Waals surface area contributed by atoms with Crippen molar-refractivity contribution < 1.29 is 13.2 Å². The lowest BCUT2D eigenvalue weighted by atomic mass is 10.1. The zero-order chi connectivity index (χ0) is 14.6. The molecule has 6 nitrogen and oxygen atoms in total. The van der Waals surface area contributed by atoms with Crippen LogP contribution in [-0.2, 0) is 14.8 Å². The first-order valence-corrected chi connectivity index (χ1v) is 8.45. The van der Waals surface area contributed by atoms with E-state index in [1.165, 1.54) is 16.7 Å². The molecule has 0 aliphatic carbocycles. The Morgan fingerprint density at radius 3 is 2.80 bits per heavy atom. The second kappa shape index (κ2) is 6.80. The molecule has 20 heavy (non-hydrogen) atoms. The first-order chi connectivity index (χ1) is 9.54. The number of sulfonamides is 1. The van der Waals surface area contributed by atoms with Crippen molar-refractivity contribution >= 4 is 21.6 Å². The van der Waals surface area contributed by atoms with Crippen LogP contribution >= 0.6 is 11.6 Å². The van der Waals surface area contributed by atoms with Crippen molar-refractivity contribution in [2.24, 2.45) is 0 Å². The molecule has 0 radical (unpaired) electrons. The van der Waals surface area contributed by atoms with Gasteiger partial charge in [-0.15, -0.1) is 0 Å². The molecule has 112 valence electrons. The predicted molar refractivity (Wildman–Crippen MR) is 75.1 cm³/mol. The van der Waals surface area contributed by atoms with Crippen LogP contribution in [0.1, 0.15) is 26.2 Å². The number of piperidine rings is 1. The highest BCUT2D eigenvalue weighted by atomic mass is 35.5. The third-order valence-electron chi connectivity index (χ3n) is 3.13. The molecule has 0 spiro atoms. The molecule has 1 unspecified atom stereocenters. The SMILES string of the molecule is CCCOC1CCCN(S(=O)(=O)c2cnc(Cl)nc2)C1. The van der Waals surface area contributed by atoms with Gasteiger partial charge in [-0.3, -0.25) is 0 Å². The molecule has 0 bridgehead atoms. The van der Waals surface area contributed by atoms with Crippen LogP contribution in [0.25, 0.3) is 0 Å². The van der Waals surface area contributed by atoms with Gasteiger partial charge in [0.05, 0.1) is 18.5 Å². The fraction of sp³-hybridized carbons (Fsp3) is 0.667. The van der Waals surface area contributed by atoms with E-state index >= 15 is 0 Å². The summed E-state index contributed by atoms with van der Waals surface area (Å²) in [5.41, 5.74) is 0. The summed E-state index contributed by atoms with van der Waals surface area (Å²) < 4.78 is 32.0. The highest BCUT2D eigenvalue weighted by Crippen LogP contribution is 2.21. The minimum absolute atomic E-state index is 0.0340. The summed E-state index contributed by atoms with van der Waals surface area (Å²) in [6, 6.07) is 0. The lowest BCUT2D eigenvalue weighted by Crippen LogP contribution is -2.43. The average molecular weight is 320 g/mol. The zero-order valence-corrected chi connectivity index (χ0v) is 12.9. The summed E-state index contributed by atoms with van der Waals surface area (Å²) in [7, 11) is -3.57. The van der Waals surface area contributed by atoms with E-state index in [2.05, 4.69) is 9.97 Å². The molecule has 2 rings (SSSR count). The maximum atomic E-state index is 12.5. The van der Waals surface area contributed by atoms with E-state index in [1.807, 2.05) is 6.92 Å². The largest absolute Gasteiger partial charge is 0.377 e. The summed E-state index contributed by atoms with van der Waals surface area (Å²) >= 11 is 5.58.